The maximum atomic E-state index is 12.7. The summed E-state index contributed by atoms with van der Waals surface area (Å²) in [5.74, 6) is 0.293. The van der Waals surface area contributed by atoms with Crippen LogP contribution >= 0.6 is 0 Å². The molecule has 1 amide bonds. The Bertz CT molecular complexity index is 784. The van der Waals surface area contributed by atoms with Crippen molar-refractivity contribution < 1.29 is 13.2 Å². The molecule has 0 aliphatic carbocycles. The highest BCUT2D eigenvalue weighted by atomic mass is 32.2. The second kappa shape index (κ2) is 6.39. The number of sulfone groups is 1. The summed E-state index contributed by atoms with van der Waals surface area (Å²) in [4.78, 5) is 16.4. The van der Waals surface area contributed by atoms with Gasteiger partial charge in [-0.25, -0.2) is 8.42 Å². The molecule has 0 radical (unpaired) electrons. The monoisotopic (exact) mass is 368 g/mol. The minimum absolute atomic E-state index is 0.00983. The summed E-state index contributed by atoms with van der Waals surface area (Å²) in [7, 11) is 2.63. The Labute approximate surface area is 149 Å². The number of nitrogens with zero attached hydrogens (tertiary/aromatic N) is 4. The average Bonchev–Trinajstić information content (AvgIpc) is 3.13. The Morgan fingerprint density at radius 2 is 1.96 bits per heavy atom. The number of aromatic nitrogens is 2. The van der Waals surface area contributed by atoms with E-state index in [1.54, 1.807) is 4.90 Å². The highest BCUT2D eigenvalue weighted by Gasteiger charge is 2.53. The number of hydrogen-bond acceptors (Lipinski definition) is 5. The Morgan fingerprint density at radius 1 is 1.28 bits per heavy atom. The maximum Gasteiger partial charge on any atom is 0.222 e. The van der Waals surface area contributed by atoms with Gasteiger partial charge in [0.2, 0.25) is 5.91 Å². The number of fused-ring (bicyclic) bond motifs is 1. The van der Waals surface area contributed by atoms with Gasteiger partial charge in [0.15, 0.2) is 9.84 Å². The lowest BCUT2D eigenvalue weighted by molar-refractivity contribution is -0.130. The Kier molecular flexibility index (Phi) is 4.70. The molecule has 0 bridgehead atoms. The van der Waals surface area contributed by atoms with Crippen LogP contribution in [0.15, 0.2) is 0 Å². The SMILES string of the molecule is Cc1nn(C)c(C)c1CCC(=O)N1C[C@H]2[C@H](N(C)C)CS(=O)(=O)[C@H]2C1. The second-order valence-electron chi connectivity index (χ2n) is 7.63. The van der Waals surface area contributed by atoms with Crippen LogP contribution in [0.3, 0.4) is 0 Å². The first kappa shape index (κ1) is 18.4. The first-order valence-electron chi connectivity index (χ1n) is 8.76. The summed E-state index contributed by atoms with van der Waals surface area (Å²) in [5.41, 5.74) is 3.16. The van der Waals surface area contributed by atoms with Gasteiger partial charge >= 0.3 is 0 Å². The van der Waals surface area contributed by atoms with Crippen LogP contribution in [0, 0.1) is 19.8 Å². The summed E-state index contributed by atoms with van der Waals surface area (Å²) in [6, 6.07) is 0.00983. The number of carbonyl (C=O) groups excluding carboxylic acids is 1. The molecule has 2 aliphatic heterocycles. The van der Waals surface area contributed by atoms with Gasteiger partial charge in [0.1, 0.15) is 0 Å². The van der Waals surface area contributed by atoms with Gasteiger partial charge in [0.25, 0.3) is 0 Å². The Hall–Kier alpha value is -1.41. The minimum atomic E-state index is -3.11. The largest absolute Gasteiger partial charge is 0.341 e. The highest BCUT2D eigenvalue weighted by Crippen LogP contribution is 2.36. The molecule has 3 heterocycles. The van der Waals surface area contributed by atoms with Gasteiger partial charge in [-0.05, 0) is 39.9 Å². The lowest BCUT2D eigenvalue weighted by atomic mass is 10.00. The van der Waals surface area contributed by atoms with Crippen molar-refractivity contribution >= 4 is 15.7 Å². The fraction of sp³-hybridized carbons (Fsp3) is 0.765. The van der Waals surface area contributed by atoms with Crippen LogP contribution in [0.25, 0.3) is 0 Å². The molecule has 0 saturated carbocycles. The predicted molar refractivity (Wildman–Crippen MR) is 96.1 cm³/mol. The molecular formula is C17H28N4O3S. The summed E-state index contributed by atoms with van der Waals surface area (Å²) >= 11 is 0. The summed E-state index contributed by atoms with van der Waals surface area (Å²) < 4.78 is 26.7. The topological polar surface area (TPSA) is 75.5 Å². The molecule has 1 aromatic heterocycles. The van der Waals surface area contributed by atoms with Gasteiger partial charge in [0, 0.05) is 44.2 Å². The molecule has 0 aromatic carbocycles. The third-order valence-corrected chi connectivity index (χ3v) is 8.16. The quantitative estimate of drug-likeness (QED) is 0.757. The number of hydrogen-bond donors (Lipinski definition) is 0. The van der Waals surface area contributed by atoms with E-state index in [0.717, 1.165) is 17.0 Å². The minimum Gasteiger partial charge on any atom is -0.341 e. The zero-order valence-electron chi connectivity index (χ0n) is 15.7. The number of aryl methyl sites for hydroxylation is 2. The van der Waals surface area contributed by atoms with Crippen molar-refractivity contribution in [3.8, 4) is 0 Å². The normalized spacial score (nSPS) is 27.9. The van der Waals surface area contributed by atoms with E-state index in [1.807, 2.05) is 44.6 Å². The third kappa shape index (κ3) is 3.21. The molecule has 2 aliphatic rings. The molecule has 25 heavy (non-hydrogen) atoms. The van der Waals surface area contributed by atoms with Crippen LogP contribution in [0.4, 0.5) is 0 Å². The number of rotatable bonds is 4. The van der Waals surface area contributed by atoms with Crippen molar-refractivity contribution in [3.05, 3.63) is 17.0 Å². The van der Waals surface area contributed by atoms with Crippen LogP contribution < -0.4 is 0 Å². The van der Waals surface area contributed by atoms with Crippen molar-refractivity contribution in [1.82, 2.24) is 19.6 Å². The van der Waals surface area contributed by atoms with E-state index in [2.05, 4.69) is 5.10 Å². The molecule has 3 rings (SSSR count). The zero-order valence-corrected chi connectivity index (χ0v) is 16.5. The van der Waals surface area contributed by atoms with E-state index in [4.69, 9.17) is 0 Å². The van der Waals surface area contributed by atoms with Gasteiger partial charge in [-0.2, -0.15) is 5.10 Å². The van der Waals surface area contributed by atoms with E-state index in [-0.39, 0.29) is 23.6 Å². The lowest BCUT2D eigenvalue weighted by Gasteiger charge is -2.25. The Balaban J connectivity index is 1.67. The summed E-state index contributed by atoms with van der Waals surface area (Å²) in [6.07, 6.45) is 1.06. The smallest absolute Gasteiger partial charge is 0.222 e. The number of likely N-dealkylation sites (tertiary alicyclic amines) is 1. The molecule has 2 fully saturated rings. The van der Waals surface area contributed by atoms with Crippen molar-refractivity contribution in [2.24, 2.45) is 13.0 Å². The van der Waals surface area contributed by atoms with Gasteiger partial charge < -0.3 is 9.80 Å². The average molecular weight is 369 g/mol. The molecular weight excluding hydrogens is 340 g/mol. The van der Waals surface area contributed by atoms with Crippen LogP contribution in [0.1, 0.15) is 23.4 Å². The van der Waals surface area contributed by atoms with Crippen molar-refractivity contribution in [1.29, 1.82) is 0 Å². The maximum absolute atomic E-state index is 12.7. The van der Waals surface area contributed by atoms with E-state index in [0.29, 0.717) is 25.9 Å². The highest BCUT2D eigenvalue weighted by molar-refractivity contribution is 7.92. The van der Waals surface area contributed by atoms with Gasteiger partial charge in [-0.15, -0.1) is 0 Å². The zero-order chi connectivity index (χ0) is 18.5. The van der Waals surface area contributed by atoms with E-state index in [1.165, 1.54) is 0 Å². The van der Waals surface area contributed by atoms with Gasteiger partial charge in [-0.1, -0.05) is 0 Å². The fourth-order valence-electron chi connectivity index (χ4n) is 4.34. The van der Waals surface area contributed by atoms with Gasteiger partial charge in [-0.3, -0.25) is 9.48 Å². The fourth-order valence-corrected chi connectivity index (χ4v) is 6.81. The summed E-state index contributed by atoms with van der Waals surface area (Å²) in [5, 5.41) is 3.99. The third-order valence-electron chi connectivity index (χ3n) is 5.93. The van der Waals surface area contributed by atoms with Crippen molar-refractivity contribution in [3.63, 3.8) is 0 Å². The predicted octanol–water partition coefficient (Wildman–Crippen LogP) is 0.155. The van der Waals surface area contributed by atoms with Crippen LogP contribution in [-0.4, -0.2) is 78.1 Å². The molecule has 8 heteroatoms. The van der Waals surface area contributed by atoms with Crippen LogP contribution in [-0.2, 0) is 28.1 Å². The van der Waals surface area contributed by atoms with Crippen LogP contribution in [0.2, 0.25) is 0 Å². The first-order chi connectivity index (χ1) is 11.6. The lowest BCUT2D eigenvalue weighted by Crippen LogP contribution is -2.38. The number of carbonyl (C=O) groups is 1. The molecule has 1 aromatic rings. The molecule has 0 unspecified atom stereocenters. The van der Waals surface area contributed by atoms with Crippen molar-refractivity contribution in [2.45, 2.75) is 38.0 Å². The van der Waals surface area contributed by atoms with E-state index in [9.17, 15) is 13.2 Å². The molecule has 140 valence electrons. The number of amides is 1. The molecule has 3 atom stereocenters. The van der Waals surface area contributed by atoms with E-state index < -0.39 is 15.1 Å². The van der Waals surface area contributed by atoms with E-state index >= 15 is 0 Å². The Morgan fingerprint density at radius 3 is 2.52 bits per heavy atom. The van der Waals surface area contributed by atoms with Crippen molar-refractivity contribution in [2.75, 3.05) is 32.9 Å². The summed E-state index contributed by atoms with van der Waals surface area (Å²) in [6.45, 7) is 4.87. The van der Waals surface area contributed by atoms with Crippen LogP contribution in [0.5, 0.6) is 0 Å². The molecule has 2 saturated heterocycles. The molecule has 7 nitrogen and oxygen atoms in total. The standard InChI is InChI=1S/C17H28N4O3S/c1-11-13(12(2)20(5)18-11)6-7-17(22)21-8-14-15(19(3)4)10-25(23,24)16(14)9-21/h14-16H,6-10H2,1-5H3/t14-,15+,16-/m0/s1. The van der Waals surface area contributed by atoms with Gasteiger partial charge in [0.05, 0.1) is 16.7 Å². The molecule has 0 spiro atoms. The first-order valence-corrected chi connectivity index (χ1v) is 10.5. The second-order valence-corrected chi connectivity index (χ2v) is 9.90. The molecule has 0 N–H and O–H groups in total.